The van der Waals surface area contributed by atoms with Crippen molar-refractivity contribution in [2.24, 2.45) is 0 Å². The summed E-state index contributed by atoms with van der Waals surface area (Å²) >= 11 is 1.71. The highest BCUT2D eigenvalue weighted by molar-refractivity contribution is 7.99. The van der Waals surface area contributed by atoms with Crippen LogP contribution in [0, 0.1) is 0 Å². The van der Waals surface area contributed by atoms with E-state index in [1.807, 2.05) is 6.92 Å². The van der Waals surface area contributed by atoms with Crippen LogP contribution in [0.3, 0.4) is 0 Å². The first-order chi connectivity index (χ1) is 13.5. The smallest absolute Gasteiger partial charge is 0.304 e. The van der Waals surface area contributed by atoms with Gasteiger partial charge in [0.05, 0.1) is 17.4 Å². The first kappa shape index (κ1) is 25.0. The molecule has 0 saturated carbocycles. The summed E-state index contributed by atoms with van der Waals surface area (Å²) in [5.41, 5.74) is 0. The van der Waals surface area contributed by atoms with E-state index in [1.54, 1.807) is 42.1 Å². The summed E-state index contributed by atoms with van der Waals surface area (Å²) < 4.78 is 30.3. The number of hydrogen-bond donors (Lipinski definition) is 1. The summed E-state index contributed by atoms with van der Waals surface area (Å²) in [7, 11) is -3.69. The zero-order chi connectivity index (χ0) is 20.7. The fraction of sp³-hybridized carbons (Fsp3) is 0.667. The molecule has 1 atom stereocenters. The van der Waals surface area contributed by atoms with Gasteiger partial charge in [-0.05, 0) is 37.1 Å². The lowest BCUT2D eigenvalue weighted by atomic mass is 10.0. The fourth-order valence-corrected chi connectivity index (χ4v) is 5.01. The molecule has 0 fully saturated rings. The third kappa shape index (κ3) is 11.7. The highest BCUT2D eigenvalue weighted by Gasteiger charge is 2.20. The maximum absolute atomic E-state index is 12.4. The van der Waals surface area contributed by atoms with Crippen molar-refractivity contribution in [3.63, 3.8) is 0 Å². The molecule has 160 valence electrons. The quantitative estimate of drug-likeness (QED) is 0.260. The number of carboxylic acids is 1. The van der Waals surface area contributed by atoms with Crippen LogP contribution in [-0.2, 0) is 19.1 Å². The molecule has 0 aliphatic heterocycles. The first-order valence-corrected chi connectivity index (χ1v) is 12.8. The summed E-state index contributed by atoms with van der Waals surface area (Å²) in [5.74, 6) is 0.992. The van der Waals surface area contributed by atoms with Crippen LogP contribution in [0.4, 0.5) is 0 Å². The highest BCUT2D eigenvalue weighted by atomic mass is 32.2. The molecule has 1 aromatic carbocycles. The molecule has 1 N–H and O–H groups in total. The minimum absolute atomic E-state index is 0.220. The van der Waals surface area contributed by atoms with Crippen molar-refractivity contribution in [3.05, 3.63) is 30.3 Å². The first-order valence-electron chi connectivity index (χ1n) is 10.2. The van der Waals surface area contributed by atoms with Gasteiger partial charge in [0, 0.05) is 5.75 Å². The number of rotatable bonds is 17. The largest absolute Gasteiger partial charge is 0.481 e. The molecule has 1 unspecified atom stereocenters. The number of carbonyl (C=O) groups is 1. The van der Waals surface area contributed by atoms with Crippen molar-refractivity contribution >= 4 is 27.8 Å². The number of carboxylic acid groups (broad SMARTS) is 1. The Morgan fingerprint density at radius 1 is 1.00 bits per heavy atom. The average Bonchev–Trinajstić information content (AvgIpc) is 2.66. The minimum atomic E-state index is -3.69. The predicted molar refractivity (Wildman–Crippen MR) is 115 cm³/mol. The number of aliphatic carboxylic acids is 1. The van der Waals surface area contributed by atoms with Crippen LogP contribution in [0.5, 0.6) is 0 Å². The van der Waals surface area contributed by atoms with Crippen molar-refractivity contribution in [1.29, 1.82) is 0 Å². The Labute approximate surface area is 174 Å². The van der Waals surface area contributed by atoms with Crippen molar-refractivity contribution < 1.29 is 22.5 Å². The second-order valence-corrected chi connectivity index (χ2v) is 9.74. The predicted octanol–water partition coefficient (Wildman–Crippen LogP) is 5.50. The molecule has 28 heavy (non-hydrogen) atoms. The zero-order valence-electron chi connectivity index (χ0n) is 16.8. The molecule has 5 nitrogen and oxygen atoms in total. The van der Waals surface area contributed by atoms with E-state index >= 15 is 0 Å². The SMILES string of the molecule is CCCC(CCCCCCCCSCCC(=O)O)OS(=O)(=O)c1ccccc1. The van der Waals surface area contributed by atoms with Crippen molar-refractivity contribution in [1.82, 2.24) is 0 Å². The maximum atomic E-state index is 12.4. The lowest BCUT2D eigenvalue weighted by Gasteiger charge is -2.17. The summed E-state index contributed by atoms with van der Waals surface area (Å²) in [4.78, 5) is 10.6. The lowest BCUT2D eigenvalue weighted by molar-refractivity contribution is -0.136. The molecule has 0 amide bonds. The third-order valence-corrected chi connectivity index (χ3v) is 6.88. The van der Waals surface area contributed by atoms with Gasteiger partial charge in [-0.2, -0.15) is 20.2 Å². The molecule has 1 rings (SSSR count). The fourth-order valence-electron chi connectivity index (χ4n) is 2.93. The van der Waals surface area contributed by atoms with Crippen LogP contribution in [0.25, 0.3) is 0 Å². The van der Waals surface area contributed by atoms with Crippen LogP contribution >= 0.6 is 11.8 Å². The van der Waals surface area contributed by atoms with Crippen molar-refractivity contribution in [3.8, 4) is 0 Å². The van der Waals surface area contributed by atoms with E-state index < -0.39 is 16.1 Å². The van der Waals surface area contributed by atoms with Gasteiger partial charge in [-0.15, -0.1) is 0 Å². The number of hydrogen-bond acceptors (Lipinski definition) is 5. The maximum Gasteiger partial charge on any atom is 0.304 e. The summed E-state index contributed by atoms with van der Waals surface area (Å²) in [6, 6.07) is 8.33. The Morgan fingerprint density at radius 2 is 1.64 bits per heavy atom. The van der Waals surface area contributed by atoms with Crippen LogP contribution in [-0.4, -0.2) is 37.1 Å². The molecule has 0 heterocycles. The lowest BCUT2D eigenvalue weighted by Crippen LogP contribution is -2.18. The minimum Gasteiger partial charge on any atom is -0.481 e. The standard InChI is InChI=1S/C21H34O5S2/c1-2-12-19(26-28(24,25)20-14-9-7-10-15-20)13-8-5-3-4-6-11-17-27-18-16-21(22)23/h7,9-10,14-15,19H,2-6,8,11-13,16-18H2,1H3,(H,22,23). The normalized spacial score (nSPS) is 12.8. The van der Waals surface area contributed by atoms with E-state index in [0.29, 0.717) is 5.75 Å². The van der Waals surface area contributed by atoms with Gasteiger partial charge in [0.15, 0.2) is 0 Å². The Morgan fingerprint density at radius 3 is 2.29 bits per heavy atom. The second-order valence-electron chi connectivity index (χ2n) is 6.94. The molecule has 0 spiro atoms. The van der Waals surface area contributed by atoms with Gasteiger partial charge in [0.1, 0.15) is 0 Å². The molecule has 0 saturated heterocycles. The van der Waals surface area contributed by atoms with Gasteiger partial charge in [0.2, 0.25) is 0 Å². The van der Waals surface area contributed by atoms with Crippen LogP contribution in [0.15, 0.2) is 35.2 Å². The summed E-state index contributed by atoms with van der Waals surface area (Å²) in [6.45, 7) is 2.04. The molecule has 0 aliphatic carbocycles. The van der Waals surface area contributed by atoms with Gasteiger partial charge in [-0.25, -0.2) is 0 Å². The Kier molecular flexibility index (Phi) is 13.3. The summed E-state index contributed by atoms with van der Waals surface area (Å²) in [6.07, 6.45) is 9.07. The molecule has 7 heteroatoms. The van der Waals surface area contributed by atoms with Crippen LogP contribution in [0.1, 0.15) is 71.1 Å². The van der Waals surface area contributed by atoms with Crippen molar-refractivity contribution in [2.75, 3.05) is 11.5 Å². The topological polar surface area (TPSA) is 80.7 Å². The van der Waals surface area contributed by atoms with E-state index in [1.165, 1.54) is 6.42 Å². The zero-order valence-corrected chi connectivity index (χ0v) is 18.5. The molecule has 0 radical (unpaired) electrons. The monoisotopic (exact) mass is 430 g/mol. The van der Waals surface area contributed by atoms with Gasteiger partial charge in [-0.3, -0.25) is 8.98 Å². The highest BCUT2D eigenvalue weighted by Crippen LogP contribution is 2.20. The van der Waals surface area contributed by atoms with Crippen LogP contribution in [0.2, 0.25) is 0 Å². The Balaban J connectivity index is 2.16. The van der Waals surface area contributed by atoms with E-state index in [-0.39, 0.29) is 17.4 Å². The molecule has 0 aromatic heterocycles. The third-order valence-electron chi connectivity index (χ3n) is 4.43. The Bertz CT molecular complexity index is 631. The van der Waals surface area contributed by atoms with Gasteiger partial charge < -0.3 is 5.11 Å². The number of unbranched alkanes of at least 4 members (excludes halogenated alkanes) is 5. The van der Waals surface area contributed by atoms with E-state index in [4.69, 9.17) is 9.29 Å². The molecule has 0 bridgehead atoms. The Hall–Kier alpha value is -1.05. The number of thioether (sulfide) groups is 1. The van der Waals surface area contributed by atoms with Gasteiger partial charge in [-0.1, -0.05) is 63.6 Å². The number of benzene rings is 1. The molecule has 1 aromatic rings. The molecular formula is C21H34O5S2. The average molecular weight is 431 g/mol. The molecule has 0 aliphatic rings. The molecular weight excluding hydrogens is 396 g/mol. The van der Waals surface area contributed by atoms with Crippen molar-refractivity contribution in [2.45, 2.75) is 82.1 Å². The summed E-state index contributed by atoms with van der Waals surface area (Å²) in [5, 5.41) is 8.57. The second kappa shape index (κ2) is 14.9. The van der Waals surface area contributed by atoms with E-state index in [9.17, 15) is 13.2 Å². The van der Waals surface area contributed by atoms with Gasteiger partial charge >= 0.3 is 5.97 Å². The van der Waals surface area contributed by atoms with E-state index in [2.05, 4.69) is 0 Å². The van der Waals surface area contributed by atoms with E-state index in [0.717, 1.165) is 57.1 Å². The van der Waals surface area contributed by atoms with Gasteiger partial charge in [0.25, 0.3) is 10.1 Å². The van der Waals surface area contributed by atoms with Crippen LogP contribution < -0.4 is 0 Å².